The second-order valence-corrected chi connectivity index (χ2v) is 4.83. The number of hydrogen-bond acceptors (Lipinski definition) is 3. The number of benzene rings is 1. The van der Waals surface area contributed by atoms with Gasteiger partial charge in [-0.2, -0.15) is 0 Å². The van der Waals surface area contributed by atoms with E-state index in [1.807, 2.05) is 41.1 Å². The van der Waals surface area contributed by atoms with Crippen molar-refractivity contribution < 1.29 is 0 Å². The van der Waals surface area contributed by atoms with Crippen LogP contribution < -0.4 is 5.73 Å². The Morgan fingerprint density at radius 1 is 1.25 bits per heavy atom. The van der Waals surface area contributed by atoms with Crippen LogP contribution in [-0.2, 0) is 6.54 Å². The van der Waals surface area contributed by atoms with Crippen LogP contribution in [0.4, 0.5) is 5.69 Å². The van der Waals surface area contributed by atoms with Gasteiger partial charge in [-0.1, -0.05) is 29.8 Å². The lowest BCUT2D eigenvalue weighted by Crippen LogP contribution is -1.94. The molecule has 2 N–H and O–H groups in total. The molecule has 0 unspecified atom stereocenters. The Labute approximate surface area is 121 Å². The molecule has 1 aromatic carbocycles. The zero-order chi connectivity index (χ0) is 14.1. The second kappa shape index (κ2) is 4.98. The zero-order valence-corrected chi connectivity index (χ0v) is 11.5. The van der Waals surface area contributed by atoms with Crippen LogP contribution in [0.2, 0.25) is 5.15 Å². The van der Waals surface area contributed by atoms with Crippen molar-refractivity contribution in [2.75, 3.05) is 5.73 Å². The minimum atomic E-state index is 0.449. The van der Waals surface area contributed by atoms with Crippen molar-refractivity contribution in [3.05, 3.63) is 54.6 Å². The number of hydrogen-bond donors (Lipinski definition) is 1. The Morgan fingerprint density at radius 2 is 2.00 bits per heavy atom. The number of allylic oxidation sites excluding steroid dienone is 1. The minimum absolute atomic E-state index is 0.449. The van der Waals surface area contributed by atoms with Crippen molar-refractivity contribution in [3.8, 4) is 11.1 Å². The van der Waals surface area contributed by atoms with E-state index in [4.69, 9.17) is 17.3 Å². The fourth-order valence-corrected chi connectivity index (χ4v) is 2.48. The van der Waals surface area contributed by atoms with Crippen molar-refractivity contribution in [3.63, 3.8) is 0 Å². The van der Waals surface area contributed by atoms with Crippen LogP contribution in [0.15, 0.2) is 49.4 Å². The number of aromatic nitrogens is 3. The van der Waals surface area contributed by atoms with E-state index in [-0.39, 0.29) is 0 Å². The standard InChI is InChI=1S/C15H13ClN4/c1-2-7-20-8-12(10-3-5-11(17)6-4-10)13-14(16)18-9-19-15(13)20/h2-6,8-9H,1,7,17H2. The zero-order valence-electron chi connectivity index (χ0n) is 10.8. The van der Waals surface area contributed by atoms with Gasteiger partial charge in [0.25, 0.3) is 0 Å². The molecule has 5 heteroatoms. The van der Waals surface area contributed by atoms with Gasteiger partial charge in [0.15, 0.2) is 0 Å². The number of nitrogens with zero attached hydrogens (tertiary/aromatic N) is 3. The largest absolute Gasteiger partial charge is 0.399 e. The molecule has 3 aromatic rings. The third-order valence-electron chi connectivity index (χ3n) is 3.15. The summed E-state index contributed by atoms with van der Waals surface area (Å²) in [7, 11) is 0. The Kier molecular flexibility index (Phi) is 3.16. The number of nitrogens with two attached hydrogens (primary N) is 1. The molecule has 2 aromatic heterocycles. The highest BCUT2D eigenvalue weighted by Gasteiger charge is 2.14. The van der Waals surface area contributed by atoms with Gasteiger partial charge in [-0.15, -0.1) is 6.58 Å². The maximum atomic E-state index is 6.24. The maximum absolute atomic E-state index is 6.24. The molecule has 0 aliphatic rings. The van der Waals surface area contributed by atoms with Gasteiger partial charge >= 0.3 is 0 Å². The molecule has 4 nitrogen and oxygen atoms in total. The molecule has 0 amide bonds. The molecular formula is C15H13ClN4. The van der Waals surface area contributed by atoms with Crippen LogP contribution in [0, 0.1) is 0 Å². The molecule has 100 valence electrons. The summed E-state index contributed by atoms with van der Waals surface area (Å²) in [5.74, 6) is 0. The van der Waals surface area contributed by atoms with Crippen LogP contribution >= 0.6 is 11.6 Å². The summed E-state index contributed by atoms with van der Waals surface area (Å²) in [4.78, 5) is 8.39. The van der Waals surface area contributed by atoms with Crippen molar-refractivity contribution in [1.82, 2.24) is 14.5 Å². The lowest BCUT2D eigenvalue weighted by Gasteiger charge is -2.00. The first kappa shape index (κ1) is 12.7. The second-order valence-electron chi connectivity index (χ2n) is 4.47. The van der Waals surface area contributed by atoms with E-state index in [0.717, 1.165) is 27.8 Å². The van der Waals surface area contributed by atoms with Crippen molar-refractivity contribution >= 4 is 28.3 Å². The molecule has 0 saturated carbocycles. The average Bonchev–Trinajstić information content (AvgIpc) is 2.81. The third kappa shape index (κ3) is 2.04. The van der Waals surface area contributed by atoms with Gasteiger partial charge in [0.2, 0.25) is 0 Å². The van der Waals surface area contributed by atoms with E-state index in [0.29, 0.717) is 11.7 Å². The molecule has 0 spiro atoms. The summed E-state index contributed by atoms with van der Waals surface area (Å²) >= 11 is 6.24. The summed E-state index contributed by atoms with van der Waals surface area (Å²) in [6.07, 6.45) is 5.30. The average molecular weight is 285 g/mol. The molecule has 0 bridgehead atoms. The fourth-order valence-electron chi connectivity index (χ4n) is 2.25. The van der Waals surface area contributed by atoms with E-state index < -0.39 is 0 Å². The van der Waals surface area contributed by atoms with E-state index >= 15 is 0 Å². The molecule has 0 saturated heterocycles. The Hall–Kier alpha value is -2.33. The number of halogens is 1. The summed E-state index contributed by atoms with van der Waals surface area (Å²) < 4.78 is 2.00. The predicted octanol–water partition coefficient (Wildman–Crippen LogP) is 3.52. The maximum Gasteiger partial charge on any atom is 0.145 e. The highest BCUT2D eigenvalue weighted by atomic mass is 35.5. The molecule has 0 radical (unpaired) electrons. The molecule has 3 rings (SSSR count). The van der Waals surface area contributed by atoms with E-state index in [1.54, 1.807) is 0 Å². The highest BCUT2D eigenvalue weighted by Crippen LogP contribution is 2.33. The Morgan fingerprint density at radius 3 is 2.70 bits per heavy atom. The van der Waals surface area contributed by atoms with Crippen LogP contribution in [0.25, 0.3) is 22.2 Å². The molecule has 20 heavy (non-hydrogen) atoms. The van der Waals surface area contributed by atoms with Gasteiger partial charge < -0.3 is 10.3 Å². The first-order valence-corrected chi connectivity index (χ1v) is 6.54. The SMILES string of the molecule is C=CCn1cc(-c2ccc(N)cc2)c2c(Cl)ncnc21. The van der Waals surface area contributed by atoms with Crippen molar-refractivity contribution in [1.29, 1.82) is 0 Å². The monoisotopic (exact) mass is 284 g/mol. The number of anilines is 1. The topological polar surface area (TPSA) is 56.7 Å². The molecule has 2 heterocycles. The summed E-state index contributed by atoms with van der Waals surface area (Å²) in [5, 5.41) is 1.30. The fraction of sp³-hybridized carbons (Fsp3) is 0.0667. The number of fused-ring (bicyclic) bond motifs is 1. The van der Waals surface area contributed by atoms with Crippen molar-refractivity contribution in [2.45, 2.75) is 6.54 Å². The minimum Gasteiger partial charge on any atom is -0.399 e. The lowest BCUT2D eigenvalue weighted by atomic mass is 10.1. The van der Waals surface area contributed by atoms with Gasteiger partial charge in [0, 0.05) is 24.0 Å². The summed E-state index contributed by atoms with van der Waals surface area (Å²) in [6, 6.07) is 7.66. The number of rotatable bonds is 3. The van der Waals surface area contributed by atoms with E-state index in [9.17, 15) is 0 Å². The first-order valence-electron chi connectivity index (χ1n) is 6.17. The van der Waals surface area contributed by atoms with Gasteiger partial charge in [0.05, 0.1) is 5.39 Å². The Bertz CT molecular complexity index is 774. The normalized spacial score (nSPS) is 10.8. The molecule has 0 atom stereocenters. The summed E-state index contributed by atoms with van der Waals surface area (Å²) in [5.41, 5.74) is 9.29. The quantitative estimate of drug-likeness (QED) is 0.455. The summed E-state index contributed by atoms with van der Waals surface area (Å²) in [6.45, 7) is 4.43. The molecular weight excluding hydrogens is 272 g/mol. The van der Waals surface area contributed by atoms with E-state index in [2.05, 4.69) is 16.5 Å². The third-order valence-corrected chi connectivity index (χ3v) is 3.44. The van der Waals surface area contributed by atoms with Gasteiger partial charge in [0.1, 0.15) is 17.1 Å². The van der Waals surface area contributed by atoms with Crippen LogP contribution in [0.3, 0.4) is 0 Å². The lowest BCUT2D eigenvalue weighted by molar-refractivity contribution is 0.850. The van der Waals surface area contributed by atoms with Gasteiger partial charge in [-0.3, -0.25) is 0 Å². The first-order chi connectivity index (χ1) is 9.70. The smallest absolute Gasteiger partial charge is 0.145 e. The predicted molar refractivity (Wildman–Crippen MR) is 82.6 cm³/mol. The van der Waals surface area contributed by atoms with Crippen molar-refractivity contribution in [2.24, 2.45) is 0 Å². The van der Waals surface area contributed by atoms with Crippen LogP contribution in [-0.4, -0.2) is 14.5 Å². The van der Waals surface area contributed by atoms with Gasteiger partial charge in [-0.25, -0.2) is 9.97 Å². The number of nitrogen functional groups attached to an aromatic ring is 1. The van der Waals surface area contributed by atoms with Crippen LogP contribution in [0.5, 0.6) is 0 Å². The van der Waals surface area contributed by atoms with E-state index in [1.165, 1.54) is 6.33 Å². The molecule has 0 fully saturated rings. The van der Waals surface area contributed by atoms with Crippen LogP contribution in [0.1, 0.15) is 0 Å². The highest BCUT2D eigenvalue weighted by molar-refractivity contribution is 6.35. The molecule has 0 aliphatic carbocycles. The molecule has 0 aliphatic heterocycles. The van der Waals surface area contributed by atoms with Gasteiger partial charge in [-0.05, 0) is 17.7 Å². The Balaban J connectivity index is 2.29.